The lowest BCUT2D eigenvalue weighted by Crippen LogP contribution is -2.52. The number of aromatic nitrogens is 2. The number of anilines is 1. The summed E-state index contributed by atoms with van der Waals surface area (Å²) in [7, 11) is 0. The van der Waals surface area contributed by atoms with Crippen LogP contribution in [0.4, 0.5) is 5.69 Å². The van der Waals surface area contributed by atoms with Crippen molar-refractivity contribution in [3.8, 4) is 5.69 Å². The van der Waals surface area contributed by atoms with E-state index in [9.17, 15) is 9.59 Å². The molecule has 6 rings (SSSR count). The quantitative estimate of drug-likeness (QED) is 0.376. The van der Waals surface area contributed by atoms with Gasteiger partial charge in [0.05, 0.1) is 17.1 Å². The van der Waals surface area contributed by atoms with Gasteiger partial charge in [-0.1, -0.05) is 50.6 Å². The summed E-state index contributed by atoms with van der Waals surface area (Å²) in [5, 5.41) is 8.51. The van der Waals surface area contributed by atoms with Crippen LogP contribution in [0, 0.1) is 6.92 Å². The predicted molar refractivity (Wildman–Crippen MR) is 150 cm³/mol. The van der Waals surface area contributed by atoms with E-state index in [2.05, 4.69) is 38.2 Å². The summed E-state index contributed by atoms with van der Waals surface area (Å²) in [6.07, 6.45) is 2.78. The third-order valence-corrected chi connectivity index (χ3v) is 8.68. The maximum absolute atomic E-state index is 14.4. The molecule has 0 fully saturated rings. The highest BCUT2D eigenvalue weighted by Gasteiger charge is 2.65. The van der Waals surface area contributed by atoms with E-state index in [0.717, 1.165) is 41.1 Å². The number of hydrogen-bond donors (Lipinski definition) is 1. The van der Waals surface area contributed by atoms with Crippen LogP contribution in [0.15, 0.2) is 53.7 Å². The first-order valence-electron chi connectivity index (χ1n) is 13.2. The number of alkyl halides is 1. The zero-order valence-electron chi connectivity index (χ0n) is 21.9. The number of rotatable bonds is 4. The average molecular weight is 550 g/mol. The van der Waals surface area contributed by atoms with Crippen LogP contribution in [0.25, 0.3) is 5.69 Å². The van der Waals surface area contributed by atoms with Gasteiger partial charge in [0.25, 0.3) is 11.8 Å². The first kappa shape index (κ1) is 25.2. The number of benzene rings is 2. The van der Waals surface area contributed by atoms with Crippen LogP contribution < -0.4 is 10.2 Å². The largest absolute Gasteiger partial charge is 0.327 e. The Labute approximate surface area is 232 Å². The number of carbonyl (C=O) groups excluding carboxylic acids is 2. The highest BCUT2D eigenvalue weighted by molar-refractivity contribution is 6.31. The van der Waals surface area contributed by atoms with E-state index in [1.54, 1.807) is 17.0 Å². The number of halogens is 2. The van der Waals surface area contributed by atoms with Crippen molar-refractivity contribution in [2.75, 3.05) is 4.90 Å². The van der Waals surface area contributed by atoms with E-state index < -0.39 is 5.54 Å². The number of nitrogens with one attached hydrogen (secondary N) is 1. The topological polar surface area (TPSA) is 67.2 Å². The Morgan fingerprint density at radius 3 is 2.71 bits per heavy atom. The molecule has 2 amide bonds. The molecule has 2 atom stereocenters. The zero-order chi connectivity index (χ0) is 26.9. The molecule has 0 saturated carbocycles. The lowest BCUT2D eigenvalue weighted by Gasteiger charge is -2.38. The van der Waals surface area contributed by atoms with Crippen molar-refractivity contribution in [3.63, 3.8) is 0 Å². The second kappa shape index (κ2) is 8.99. The van der Waals surface area contributed by atoms with E-state index in [0.29, 0.717) is 34.8 Å². The van der Waals surface area contributed by atoms with Gasteiger partial charge in [-0.3, -0.25) is 14.5 Å². The van der Waals surface area contributed by atoms with Crippen LogP contribution in [-0.4, -0.2) is 27.0 Å². The van der Waals surface area contributed by atoms with Gasteiger partial charge in [-0.2, -0.15) is 5.10 Å². The first-order chi connectivity index (χ1) is 18.2. The summed E-state index contributed by atoms with van der Waals surface area (Å²) >= 11 is 13.0. The SMILES string of the molecule is CCc1cccc(-n2nc3c(c2C(C)C)C2(C(=O)NC4=C2CCC(Cl)C4)N(c2cc(Cl)ccc2C)C3=O)c1. The minimum Gasteiger partial charge on any atom is -0.327 e. The Balaban J connectivity index is 1.70. The molecule has 3 aromatic rings. The van der Waals surface area contributed by atoms with Crippen molar-refractivity contribution in [2.24, 2.45) is 0 Å². The van der Waals surface area contributed by atoms with Gasteiger partial charge < -0.3 is 5.32 Å². The van der Waals surface area contributed by atoms with E-state index in [-0.39, 0.29) is 23.1 Å². The predicted octanol–water partition coefficient (Wildman–Crippen LogP) is 6.55. The molecule has 1 aliphatic carbocycles. The van der Waals surface area contributed by atoms with Crippen LogP contribution in [0.1, 0.15) is 78.8 Å². The highest BCUT2D eigenvalue weighted by atomic mass is 35.5. The molecule has 2 aromatic carbocycles. The number of allylic oxidation sites excluding steroid dienone is 1. The van der Waals surface area contributed by atoms with E-state index in [1.165, 1.54) is 5.56 Å². The Kier molecular flexibility index (Phi) is 5.96. The summed E-state index contributed by atoms with van der Waals surface area (Å²) in [5.41, 5.74) is 5.77. The summed E-state index contributed by atoms with van der Waals surface area (Å²) in [5.74, 6) is -0.540. The summed E-state index contributed by atoms with van der Waals surface area (Å²) < 4.78 is 1.87. The minimum atomic E-state index is -1.34. The van der Waals surface area contributed by atoms with Crippen LogP contribution in [0.5, 0.6) is 0 Å². The minimum absolute atomic E-state index is 0.0107. The third-order valence-electron chi connectivity index (χ3n) is 8.07. The molecule has 1 N–H and O–H groups in total. The maximum atomic E-state index is 14.4. The zero-order valence-corrected chi connectivity index (χ0v) is 23.5. The molecule has 2 unspecified atom stereocenters. The normalized spacial score (nSPS) is 22.5. The van der Waals surface area contributed by atoms with E-state index in [4.69, 9.17) is 28.3 Å². The van der Waals surface area contributed by atoms with Crippen molar-refractivity contribution in [2.45, 2.75) is 70.2 Å². The number of aryl methyl sites for hydroxylation is 2. The molecule has 38 heavy (non-hydrogen) atoms. The van der Waals surface area contributed by atoms with E-state index >= 15 is 0 Å². The van der Waals surface area contributed by atoms with Crippen LogP contribution in [-0.2, 0) is 16.8 Å². The van der Waals surface area contributed by atoms with E-state index in [1.807, 2.05) is 29.8 Å². The molecule has 0 bridgehead atoms. The second-order valence-electron chi connectivity index (χ2n) is 10.7. The standard InChI is InChI=1S/C30H30Cl2N4O2/c1-5-18-7-6-8-21(13-18)36-27(16(2)3)25-26(34-36)28(37)35(24-15-20(32)10-9-17(24)4)30(25)22-12-11-19(31)14-23(22)33-29(30)38/h6-10,13,15-16,19H,5,11-12,14H2,1-4H3,(H,33,38). The van der Waals surface area contributed by atoms with Crippen molar-refractivity contribution in [3.05, 3.63) is 86.8 Å². The van der Waals surface area contributed by atoms with Crippen LogP contribution in [0.3, 0.4) is 0 Å². The van der Waals surface area contributed by atoms with Gasteiger partial charge >= 0.3 is 0 Å². The smallest absolute Gasteiger partial charge is 0.280 e. The molecule has 0 radical (unpaired) electrons. The number of hydrogen-bond acceptors (Lipinski definition) is 3. The monoisotopic (exact) mass is 548 g/mol. The Bertz CT molecular complexity index is 1540. The van der Waals surface area contributed by atoms with Crippen molar-refractivity contribution in [1.29, 1.82) is 0 Å². The molecule has 6 nitrogen and oxygen atoms in total. The Hall–Kier alpha value is -3.09. The molecular formula is C30H30Cl2N4O2. The number of amides is 2. The fourth-order valence-corrected chi connectivity index (χ4v) is 6.78. The van der Waals surface area contributed by atoms with Crippen molar-refractivity contribution < 1.29 is 9.59 Å². The number of carbonyl (C=O) groups is 2. The van der Waals surface area contributed by atoms with Gasteiger partial charge in [0.2, 0.25) is 0 Å². The lowest BCUT2D eigenvalue weighted by molar-refractivity contribution is -0.123. The molecule has 8 heteroatoms. The molecule has 196 valence electrons. The third kappa shape index (κ3) is 3.43. The summed E-state index contributed by atoms with van der Waals surface area (Å²) in [4.78, 5) is 30.4. The molecular weight excluding hydrogens is 519 g/mol. The number of fused-ring (bicyclic) bond motifs is 3. The van der Waals surface area contributed by atoms with Crippen LogP contribution in [0.2, 0.25) is 5.02 Å². The average Bonchev–Trinajstić information content (AvgIpc) is 3.49. The van der Waals surface area contributed by atoms with Gasteiger partial charge in [0.15, 0.2) is 11.2 Å². The fraction of sp³-hybridized carbons (Fsp3) is 0.367. The molecule has 1 spiro atoms. The Morgan fingerprint density at radius 2 is 1.97 bits per heavy atom. The Morgan fingerprint density at radius 1 is 1.18 bits per heavy atom. The van der Waals surface area contributed by atoms with Crippen molar-refractivity contribution in [1.82, 2.24) is 15.1 Å². The molecule has 3 aliphatic rings. The fourth-order valence-electron chi connectivity index (χ4n) is 6.35. The lowest BCUT2D eigenvalue weighted by atomic mass is 9.77. The first-order valence-corrected chi connectivity index (χ1v) is 14.0. The van der Waals surface area contributed by atoms with Gasteiger partial charge in [0, 0.05) is 28.1 Å². The van der Waals surface area contributed by atoms with Crippen LogP contribution >= 0.6 is 23.2 Å². The molecule has 2 aliphatic heterocycles. The summed E-state index contributed by atoms with van der Waals surface area (Å²) in [6, 6.07) is 13.6. The van der Waals surface area contributed by atoms with Gasteiger partial charge in [-0.25, -0.2) is 4.68 Å². The molecule has 3 heterocycles. The molecule has 1 aromatic heterocycles. The van der Waals surface area contributed by atoms with Crippen molar-refractivity contribution >= 4 is 40.7 Å². The maximum Gasteiger partial charge on any atom is 0.280 e. The van der Waals surface area contributed by atoms with Gasteiger partial charge in [-0.05, 0) is 73.1 Å². The second-order valence-corrected chi connectivity index (χ2v) is 11.8. The number of nitrogens with zero attached hydrogens (tertiary/aromatic N) is 3. The van der Waals surface area contributed by atoms with Gasteiger partial charge in [0.1, 0.15) is 0 Å². The summed E-state index contributed by atoms with van der Waals surface area (Å²) in [6.45, 7) is 8.21. The molecule has 0 saturated heterocycles. The highest BCUT2D eigenvalue weighted by Crippen LogP contribution is 2.56. The van der Waals surface area contributed by atoms with Gasteiger partial charge in [-0.15, -0.1) is 11.6 Å².